The van der Waals surface area contributed by atoms with E-state index in [1.807, 2.05) is 11.8 Å². The van der Waals surface area contributed by atoms with Gasteiger partial charge in [-0.15, -0.1) is 0 Å². The highest BCUT2D eigenvalue weighted by atomic mass is 32.2. The van der Waals surface area contributed by atoms with Gasteiger partial charge in [0.2, 0.25) is 0 Å². The topological polar surface area (TPSA) is 3.24 Å². The van der Waals surface area contributed by atoms with Crippen LogP contribution in [0, 0.1) is 0 Å². The molecule has 11 heavy (non-hydrogen) atoms. The third kappa shape index (κ3) is 5.57. The van der Waals surface area contributed by atoms with Crippen LogP contribution in [-0.2, 0) is 0 Å². The minimum Gasteiger partial charge on any atom is -0.304 e. The van der Waals surface area contributed by atoms with Gasteiger partial charge in [-0.25, -0.2) is 0 Å². The van der Waals surface area contributed by atoms with E-state index in [4.69, 9.17) is 0 Å². The van der Waals surface area contributed by atoms with Crippen molar-refractivity contribution in [2.75, 3.05) is 25.9 Å². The van der Waals surface area contributed by atoms with Crippen molar-refractivity contribution in [2.45, 2.75) is 32.4 Å². The highest BCUT2D eigenvalue weighted by molar-refractivity contribution is 7.99. The SMILES string of the molecule is CCN(CC)CCC(C)SC. The number of hydrogen-bond acceptors (Lipinski definition) is 2. The molecule has 1 nitrogen and oxygen atoms in total. The molecule has 0 aliphatic rings. The van der Waals surface area contributed by atoms with Crippen molar-refractivity contribution in [1.82, 2.24) is 4.90 Å². The molecule has 0 aliphatic carbocycles. The van der Waals surface area contributed by atoms with Crippen molar-refractivity contribution in [3.8, 4) is 0 Å². The molecule has 0 aromatic heterocycles. The molecule has 0 saturated carbocycles. The molecule has 0 aromatic carbocycles. The van der Waals surface area contributed by atoms with E-state index in [-0.39, 0.29) is 0 Å². The third-order valence-corrected chi connectivity index (χ3v) is 3.19. The molecule has 0 rings (SSSR count). The molecule has 0 radical (unpaired) electrons. The standard InChI is InChI=1S/C9H21NS/c1-5-10(6-2)8-7-9(3)11-4/h9H,5-8H2,1-4H3. The first kappa shape index (κ1) is 11.3. The highest BCUT2D eigenvalue weighted by Gasteiger charge is 2.02. The van der Waals surface area contributed by atoms with E-state index in [0.717, 1.165) is 5.25 Å². The maximum atomic E-state index is 2.48. The first-order valence-corrected chi connectivity index (χ1v) is 5.78. The Labute approximate surface area is 75.5 Å². The van der Waals surface area contributed by atoms with Crippen LogP contribution in [0.2, 0.25) is 0 Å². The Balaban J connectivity index is 3.34. The van der Waals surface area contributed by atoms with Gasteiger partial charge in [0.1, 0.15) is 0 Å². The van der Waals surface area contributed by atoms with Gasteiger partial charge >= 0.3 is 0 Å². The summed E-state index contributed by atoms with van der Waals surface area (Å²) >= 11 is 1.96. The lowest BCUT2D eigenvalue weighted by Crippen LogP contribution is -2.25. The van der Waals surface area contributed by atoms with Crippen LogP contribution < -0.4 is 0 Å². The lowest BCUT2D eigenvalue weighted by molar-refractivity contribution is 0.300. The van der Waals surface area contributed by atoms with Crippen molar-refractivity contribution in [3.05, 3.63) is 0 Å². The first-order chi connectivity index (χ1) is 5.24. The van der Waals surface area contributed by atoms with Gasteiger partial charge in [0, 0.05) is 5.25 Å². The molecular weight excluding hydrogens is 154 g/mol. The molecular formula is C9H21NS. The Morgan fingerprint density at radius 2 is 1.82 bits per heavy atom. The third-order valence-electron chi connectivity index (χ3n) is 2.15. The summed E-state index contributed by atoms with van der Waals surface area (Å²) in [7, 11) is 0. The lowest BCUT2D eigenvalue weighted by Gasteiger charge is -2.19. The molecule has 0 amide bonds. The van der Waals surface area contributed by atoms with E-state index in [9.17, 15) is 0 Å². The van der Waals surface area contributed by atoms with Gasteiger partial charge < -0.3 is 4.90 Å². The zero-order valence-corrected chi connectivity index (χ0v) is 9.08. The van der Waals surface area contributed by atoms with E-state index >= 15 is 0 Å². The van der Waals surface area contributed by atoms with Crippen molar-refractivity contribution < 1.29 is 0 Å². The molecule has 0 N–H and O–H groups in total. The van der Waals surface area contributed by atoms with Gasteiger partial charge in [0.15, 0.2) is 0 Å². The smallest absolute Gasteiger partial charge is 0.00281 e. The second-order valence-electron chi connectivity index (χ2n) is 2.86. The molecule has 1 atom stereocenters. The molecule has 2 heteroatoms. The fourth-order valence-electron chi connectivity index (χ4n) is 1.02. The summed E-state index contributed by atoms with van der Waals surface area (Å²) in [6.45, 7) is 10.4. The largest absolute Gasteiger partial charge is 0.304 e. The Morgan fingerprint density at radius 1 is 1.27 bits per heavy atom. The fourth-order valence-corrected chi connectivity index (χ4v) is 1.36. The molecule has 0 aliphatic heterocycles. The molecule has 68 valence electrons. The second kappa shape index (κ2) is 6.99. The zero-order chi connectivity index (χ0) is 8.69. The molecule has 0 bridgehead atoms. The van der Waals surface area contributed by atoms with E-state index < -0.39 is 0 Å². The van der Waals surface area contributed by atoms with E-state index in [0.29, 0.717) is 0 Å². The highest BCUT2D eigenvalue weighted by Crippen LogP contribution is 2.09. The van der Waals surface area contributed by atoms with E-state index in [1.54, 1.807) is 0 Å². The number of thioether (sulfide) groups is 1. The predicted octanol–water partition coefficient (Wildman–Crippen LogP) is 2.47. The number of hydrogen-bond donors (Lipinski definition) is 0. The monoisotopic (exact) mass is 175 g/mol. The van der Waals surface area contributed by atoms with Crippen LogP contribution in [0.5, 0.6) is 0 Å². The van der Waals surface area contributed by atoms with Crippen LogP contribution in [0.4, 0.5) is 0 Å². The minimum absolute atomic E-state index is 0.815. The quantitative estimate of drug-likeness (QED) is 0.610. The minimum atomic E-state index is 0.815. The van der Waals surface area contributed by atoms with Gasteiger partial charge in [-0.3, -0.25) is 0 Å². The number of rotatable bonds is 6. The molecule has 0 saturated heterocycles. The summed E-state index contributed by atoms with van der Waals surface area (Å²) in [5.41, 5.74) is 0. The van der Waals surface area contributed by atoms with Crippen molar-refractivity contribution in [2.24, 2.45) is 0 Å². The van der Waals surface area contributed by atoms with Crippen LogP contribution in [0.25, 0.3) is 0 Å². The van der Waals surface area contributed by atoms with Gasteiger partial charge in [0.05, 0.1) is 0 Å². The molecule has 0 fully saturated rings. The summed E-state index contributed by atoms with van der Waals surface area (Å²) in [5.74, 6) is 0. The fraction of sp³-hybridized carbons (Fsp3) is 1.00. The molecule has 1 unspecified atom stereocenters. The Bertz CT molecular complexity index is 81.6. The Hall–Kier alpha value is 0.310. The van der Waals surface area contributed by atoms with Gasteiger partial charge in [-0.2, -0.15) is 11.8 Å². The summed E-state index contributed by atoms with van der Waals surface area (Å²) < 4.78 is 0. The van der Waals surface area contributed by atoms with Crippen LogP contribution in [0.3, 0.4) is 0 Å². The van der Waals surface area contributed by atoms with Gasteiger partial charge in [-0.1, -0.05) is 20.8 Å². The predicted molar refractivity (Wildman–Crippen MR) is 55.4 cm³/mol. The van der Waals surface area contributed by atoms with Crippen molar-refractivity contribution in [1.29, 1.82) is 0 Å². The first-order valence-electron chi connectivity index (χ1n) is 4.49. The maximum Gasteiger partial charge on any atom is 0.00281 e. The van der Waals surface area contributed by atoms with E-state index in [2.05, 4.69) is 31.9 Å². The molecule has 0 aromatic rings. The maximum absolute atomic E-state index is 2.48. The van der Waals surface area contributed by atoms with Gasteiger partial charge in [-0.05, 0) is 32.3 Å². The lowest BCUT2D eigenvalue weighted by atomic mass is 10.3. The second-order valence-corrected chi connectivity index (χ2v) is 4.14. The molecule has 0 heterocycles. The van der Waals surface area contributed by atoms with Crippen LogP contribution in [0.15, 0.2) is 0 Å². The summed E-state index contributed by atoms with van der Waals surface area (Å²) in [6, 6.07) is 0. The van der Waals surface area contributed by atoms with Crippen molar-refractivity contribution in [3.63, 3.8) is 0 Å². The zero-order valence-electron chi connectivity index (χ0n) is 8.26. The average molecular weight is 175 g/mol. The normalized spacial score (nSPS) is 13.9. The van der Waals surface area contributed by atoms with Crippen LogP contribution in [0.1, 0.15) is 27.2 Å². The summed E-state index contributed by atoms with van der Waals surface area (Å²) in [5, 5.41) is 0.815. The van der Waals surface area contributed by atoms with Crippen LogP contribution >= 0.6 is 11.8 Å². The van der Waals surface area contributed by atoms with Crippen molar-refractivity contribution >= 4 is 11.8 Å². The van der Waals surface area contributed by atoms with E-state index in [1.165, 1.54) is 26.1 Å². The number of nitrogens with zero attached hydrogens (tertiary/aromatic N) is 1. The Morgan fingerprint density at radius 3 is 2.18 bits per heavy atom. The van der Waals surface area contributed by atoms with Crippen LogP contribution in [-0.4, -0.2) is 36.0 Å². The summed E-state index contributed by atoms with van der Waals surface area (Å²) in [6.07, 6.45) is 3.51. The molecule has 0 spiro atoms. The Kier molecular flexibility index (Phi) is 7.18. The van der Waals surface area contributed by atoms with Gasteiger partial charge in [0.25, 0.3) is 0 Å². The average Bonchev–Trinajstić information content (AvgIpc) is 2.06. The summed E-state index contributed by atoms with van der Waals surface area (Å²) in [4.78, 5) is 2.48.